The van der Waals surface area contributed by atoms with Gasteiger partial charge in [-0.25, -0.2) is 0 Å². The molecule has 1 heterocycles. The number of halogens is 2. The molecule has 0 aliphatic rings. The van der Waals surface area contributed by atoms with E-state index in [9.17, 15) is 0 Å². The molecule has 0 saturated heterocycles. The third kappa shape index (κ3) is 3.43. The summed E-state index contributed by atoms with van der Waals surface area (Å²) in [6, 6.07) is 8.68. The van der Waals surface area contributed by atoms with Gasteiger partial charge < -0.3 is 5.32 Å². The second kappa shape index (κ2) is 7.56. The SMILES string of the molecule is CCCNC(c1ccccc1I)c1c(Br)cnn1CC. The van der Waals surface area contributed by atoms with Gasteiger partial charge in [0.25, 0.3) is 0 Å². The fourth-order valence-corrected chi connectivity index (χ4v) is 3.49. The average molecular weight is 448 g/mol. The number of rotatable bonds is 6. The summed E-state index contributed by atoms with van der Waals surface area (Å²) in [6.45, 7) is 6.16. The van der Waals surface area contributed by atoms with E-state index in [1.165, 1.54) is 14.8 Å². The fraction of sp³-hybridized carbons (Fsp3) is 0.400. The molecule has 1 aromatic carbocycles. The maximum atomic E-state index is 4.45. The molecule has 0 fully saturated rings. The molecule has 5 heteroatoms. The number of hydrogen-bond donors (Lipinski definition) is 1. The smallest absolute Gasteiger partial charge is 0.0770 e. The van der Waals surface area contributed by atoms with E-state index in [-0.39, 0.29) is 6.04 Å². The number of nitrogens with zero attached hydrogens (tertiary/aromatic N) is 2. The van der Waals surface area contributed by atoms with Crippen LogP contribution in [0.25, 0.3) is 0 Å². The number of hydrogen-bond acceptors (Lipinski definition) is 2. The summed E-state index contributed by atoms with van der Waals surface area (Å²) in [4.78, 5) is 0. The number of benzene rings is 1. The second-order valence-corrected chi connectivity index (χ2v) is 6.62. The van der Waals surface area contributed by atoms with Crippen molar-refractivity contribution in [2.45, 2.75) is 32.9 Å². The van der Waals surface area contributed by atoms with E-state index in [1.807, 2.05) is 6.20 Å². The van der Waals surface area contributed by atoms with E-state index in [4.69, 9.17) is 0 Å². The first kappa shape index (κ1) is 16.0. The highest BCUT2D eigenvalue weighted by Crippen LogP contribution is 2.31. The maximum Gasteiger partial charge on any atom is 0.0770 e. The largest absolute Gasteiger partial charge is 0.305 e. The molecule has 0 aliphatic carbocycles. The molecular weight excluding hydrogens is 429 g/mol. The summed E-state index contributed by atoms with van der Waals surface area (Å²) < 4.78 is 4.39. The fourth-order valence-electron chi connectivity index (χ4n) is 2.26. The number of aryl methyl sites for hydroxylation is 1. The number of nitrogens with one attached hydrogen (secondary N) is 1. The highest BCUT2D eigenvalue weighted by molar-refractivity contribution is 14.1. The topological polar surface area (TPSA) is 29.9 Å². The van der Waals surface area contributed by atoms with E-state index < -0.39 is 0 Å². The summed E-state index contributed by atoms with van der Waals surface area (Å²) in [5.74, 6) is 0. The van der Waals surface area contributed by atoms with Crippen LogP contribution in [0.2, 0.25) is 0 Å². The van der Waals surface area contributed by atoms with Gasteiger partial charge in [0.05, 0.1) is 22.4 Å². The van der Waals surface area contributed by atoms with Crippen LogP contribution in [0.4, 0.5) is 0 Å². The minimum absolute atomic E-state index is 0.167. The molecule has 108 valence electrons. The van der Waals surface area contributed by atoms with Gasteiger partial charge in [-0.1, -0.05) is 25.1 Å². The molecule has 1 aromatic heterocycles. The van der Waals surface area contributed by atoms with Crippen molar-refractivity contribution in [2.24, 2.45) is 0 Å². The zero-order chi connectivity index (χ0) is 14.5. The van der Waals surface area contributed by atoms with Crippen molar-refractivity contribution in [3.05, 3.63) is 49.8 Å². The van der Waals surface area contributed by atoms with Gasteiger partial charge in [-0.15, -0.1) is 0 Å². The van der Waals surface area contributed by atoms with Crippen LogP contribution in [0.15, 0.2) is 34.9 Å². The Morgan fingerprint density at radius 1 is 1.35 bits per heavy atom. The first-order valence-electron chi connectivity index (χ1n) is 6.88. The van der Waals surface area contributed by atoms with Crippen LogP contribution in [0.1, 0.15) is 37.6 Å². The van der Waals surface area contributed by atoms with Crippen molar-refractivity contribution in [2.75, 3.05) is 6.54 Å². The van der Waals surface area contributed by atoms with Gasteiger partial charge in [0, 0.05) is 10.1 Å². The molecule has 0 aliphatic heterocycles. The van der Waals surface area contributed by atoms with E-state index in [2.05, 4.69) is 91.7 Å². The summed E-state index contributed by atoms with van der Waals surface area (Å²) in [7, 11) is 0. The summed E-state index contributed by atoms with van der Waals surface area (Å²) >= 11 is 6.05. The quantitative estimate of drug-likeness (QED) is 0.666. The van der Waals surface area contributed by atoms with Gasteiger partial charge in [-0.3, -0.25) is 4.68 Å². The van der Waals surface area contributed by atoms with Crippen molar-refractivity contribution in [1.82, 2.24) is 15.1 Å². The van der Waals surface area contributed by atoms with Crippen LogP contribution >= 0.6 is 38.5 Å². The first-order valence-corrected chi connectivity index (χ1v) is 8.75. The van der Waals surface area contributed by atoms with E-state index in [0.717, 1.165) is 24.0 Å². The molecule has 2 rings (SSSR count). The maximum absolute atomic E-state index is 4.45. The van der Waals surface area contributed by atoms with Crippen molar-refractivity contribution in [3.63, 3.8) is 0 Å². The minimum atomic E-state index is 0.167. The Hall–Kier alpha value is -0.400. The average Bonchev–Trinajstić information content (AvgIpc) is 2.82. The van der Waals surface area contributed by atoms with Gasteiger partial charge >= 0.3 is 0 Å². The molecule has 0 radical (unpaired) electrons. The molecule has 0 bridgehead atoms. The Morgan fingerprint density at radius 2 is 2.10 bits per heavy atom. The molecule has 1 unspecified atom stereocenters. The van der Waals surface area contributed by atoms with Crippen LogP contribution < -0.4 is 5.32 Å². The molecule has 0 spiro atoms. The van der Waals surface area contributed by atoms with Gasteiger partial charge in [-0.05, 0) is 70.0 Å². The Labute approximate surface area is 142 Å². The minimum Gasteiger partial charge on any atom is -0.305 e. The summed E-state index contributed by atoms with van der Waals surface area (Å²) in [5, 5.41) is 8.09. The van der Waals surface area contributed by atoms with E-state index >= 15 is 0 Å². The lowest BCUT2D eigenvalue weighted by Crippen LogP contribution is -2.26. The lowest BCUT2D eigenvalue weighted by Gasteiger charge is -2.22. The van der Waals surface area contributed by atoms with Gasteiger partial charge in [-0.2, -0.15) is 5.10 Å². The zero-order valence-corrected chi connectivity index (χ0v) is 15.5. The Balaban J connectivity index is 2.47. The lowest BCUT2D eigenvalue weighted by atomic mass is 10.0. The van der Waals surface area contributed by atoms with Crippen LogP contribution in [0.5, 0.6) is 0 Å². The highest BCUT2D eigenvalue weighted by atomic mass is 127. The predicted octanol–water partition coefficient (Wildman–Crippen LogP) is 4.36. The van der Waals surface area contributed by atoms with Gasteiger partial charge in [0.1, 0.15) is 0 Å². The lowest BCUT2D eigenvalue weighted by molar-refractivity contribution is 0.527. The Morgan fingerprint density at radius 3 is 2.75 bits per heavy atom. The molecule has 1 atom stereocenters. The molecule has 2 aromatic rings. The van der Waals surface area contributed by atoms with Gasteiger partial charge in [0.2, 0.25) is 0 Å². The van der Waals surface area contributed by atoms with Crippen LogP contribution in [-0.4, -0.2) is 16.3 Å². The van der Waals surface area contributed by atoms with E-state index in [0.29, 0.717) is 0 Å². The molecule has 3 nitrogen and oxygen atoms in total. The van der Waals surface area contributed by atoms with Crippen molar-refractivity contribution in [3.8, 4) is 0 Å². The third-order valence-electron chi connectivity index (χ3n) is 3.22. The Kier molecular flexibility index (Phi) is 6.04. The Bertz CT molecular complexity index is 568. The van der Waals surface area contributed by atoms with Crippen molar-refractivity contribution in [1.29, 1.82) is 0 Å². The molecule has 20 heavy (non-hydrogen) atoms. The molecular formula is C15H19BrIN3. The molecule has 0 saturated carbocycles. The monoisotopic (exact) mass is 447 g/mol. The normalized spacial score (nSPS) is 12.6. The van der Waals surface area contributed by atoms with Crippen LogP contribution in [0.3, 0.4) is 0 Å². The van der Waals surface area contributed by atoms with E-state index in [1.54, 1.807) is 0 Å². The number of aromatic nitrogens is 2. The standard InChI is InChI=1S/C15H19BrIN3/c1-3-9-18-14(11-7-5-6-8-13(11)17)15-12(16)10-19-20(15)4-2/h5-8,10,14,18H,3-4,9H2,1-2H3. The highest BCUT2D eigenvalue weighted by Gasteiger charge is 2.22. The molecule has 1 N–H and O–H groups in total. The zero-order valence-electron chi connectivity index (χ0n) is 11.7. The van der Waals surface area contributed by atoms with Crippen molar-refractivity contribution >= 4 is 38.5 Å². The second-order valence-electron chi connectivity index (χ2n) is 4.60. The van der Waals surface area contributed by atoms with Gasteiger partial charge in [0.15, 0.2) is 0 Å². The third-order valence-corrected chi connectivity index (χ3v) is 4.81. The summed E-state index contributed by atoms with van der Waals surface area (Å²) in [6.07, 6.45) is 2.99. The predicted molar refractivity (Wildman–Crippen MR) is 94.9 cm³/mol. The van der Waals surface area contributed by atoms with Crippen LogP contribution in [0, 0.1) is 3.57 Å². The van der Waals surface area contributed by atoms with Crippen LogP contribution in [-0.2, 0) is 6.54 Å². The summed E-state index contributed by atoms with van der Waals surface area (Å²) in [5.41, 5.74) is 2.50. The van der Waals surface area contributed by atoms with Crippen molar-refractivity contribution < 1.29 is 0 Å². The first-order chi connectivity index (χ1) is 9.69. The molecule has 0 amide bonds.